The maximum atomic E-state index is 5.33. The highest BCUT2D eigenvalue weighted by atomic mass is 16.5. The van der Waals surface area contributed by atoms with Gasteiger partial charge in [-0.25, -0.2) is 0 Å². The molecule has 0 saturated heterocycles. The molecule has 1 N–H and O–H groups in total. The minimum Gasteiger partial charge on any atom is -0.383 e. The number of nitrogens with one attached hydrogen (secondary N) is 1. The minimum absolute atomic E-state index is 0.463. The van der Waals surface area contributed by atoms with E-state index in [1.807, 2.05) is 7.11 Å². The zero-order valence-corrected chi connectivity index (χ0v) is 15.1. The molecule has 0 aromatic rings. The van der Waals surface area contributed by atoms with Gasteiger partial charge in [0, 0.05) is 32.8 Å². The van der Waals surface area contributed by atoms with Crippen LogP contribution in [0.15, 0.2) is 0 Å². The van der Waals surface area contributed by atoms with Gasteiger partial charge in [-0.2, -0.15) is 0 Å². The number of hydrogen-bond acceptors (Lipinski definition) is 3. The largest absolute Gasteiger partial charge is 0.383 e. The van der Waals surface area contributed by atoms with Crippen molar-refractivity contribution >= 4 is 0 Å². The monoisotopic (exact) mass is 298 g/mol. The van der Waals surface area contributed by atoms with Crippen molar-refractivity contribution in [2.24, 2.45) is 11.3 Å². The molecule has 126 valence electrons. The molecule has 0 amide bonds. The topological polar surface area (TPSA) is 24.5 Å². The molecule has 0 bridgehead atoms. The zero-order chi connectivity index (χ0) is 15.7. The Morgan fingerprint density at radius 3 is 2.71 bits per heavy atom. The summed E-state index contributed by atoms with van der Waals surface area (Å²) in [5.41, 5.74) is 0.463. The van der Waals surface area contributed by atoms with Gasteiger partial charge < -0.3 is 10.1 Å². The van der Waals surface area contributed by atoms with Gasteiger partial charge in [-0.1, -0.05) is 33.6 Å². The van der Waals surface area contributed by atoms with Crippen LogP contribution in [0.5, 0.6) is 0 Å². The quantitative estimate of drug-likeness (QED) is 0.667. The fourth-order valence-electron chi connectivity index (χ4n) is 3.87. The van der Waals surface area contributed by atoms with Crippen molar-refractivity contribution in [1.29, 1.82) is 0 Å². The first-order valence-corrected chi connectivity index (χ1v) is 9.00. The van der Waals surface area contributed by atoms with Gasteiger partial charge in [0.15, 0.2) is 0 Å². The van der Waals surface area contributed by atoms with Crippen molar-refractivity contribution in [2.45, 2.75) is 65.8 Å². The summed E-state index contributed by atoms with van der Waals surface area (Å²) in [4.78, 5) is 2.67. The molecule has 3 unspecified atom stereocenters. The van der Waals surface area contributed by atoms with Crippen LogP contribution in [-0.4, -0.2) is 50.8 Å². The van der Waals surface area contributed by atoms with E-state index in [0.717, 1.165) is 25.6 Å². The molecule has 3 heteroatoms. The maximum absolute atomic E-state index is 5.33. The first-order chi connectivity index (χ1) is 10.1. The van der Waals surface area contributed by atoms with Crippen molar-refractivity contribution in [1.82, 2.24) is 10.2 Å². The number of rotatable bonds is 10. The lowest BCUT2D eigenvalue weighted by atomic mass is 9.69. The smallest absolute Gasteiger partial charge is 0.0589 e. The van der Waals surface area contributed by atoms with Crippen LogP contribution in [0.25, 0.3) is 0 Å². The molecule has 0 spiro atoms. The third-order valence-electron chi connectivity index (χ3n) is 5.27. The van der Waals surface area contributed by atoms with Crippen LogP contribution in [0.3, 0.4) is 0 Å². The Morgan fingerprint density at radius 1 is 1.38 bits per heavy atom. The summed E-state index contributed by atoms with van der Waals surface area (Å²) < 4.78 is 5.33. The second-order valence-electron chi connectivity index (χ2n) is 7.20. The summed E-state index contributed by atoms with van der Waals surface area (Å²) in [5.74, 6) is 0.874. The highest BCUT2D eigenvalue weighted by Gasteiger charge is 2.36. The standard InChI is InChI=1S/C18H38N2O/c1-6-17(4)20(11-12-21-5)15-18(14-19-7-2)10-8-9-16(3)13-18/h16-17,19H,6-15H2,1-5H3. The van der Waals surface area contributed by atoms with E-state index in [0.29, 0.717) is 11.5 Å². The van der Waals surface area contributed by atoms with Crippen LogP contribution in [0, 0.1) is 11.3 Å². The van der Waals surface area contributed by atoms with E-state index in [1.165, 1.54) is 45.2 Å². The number of hydrogen-bond donors (Lipinski definition) is 1. The lowest BCUT2D eigenvalue weighted by molar-refractivity contribution is 0.0438. The van der Waals surface area contributed by atoms with Gasteiger partial charge in [-0.05, 0) is 44.1 Å². The Balaban J connectivity index is 2.74. The van der Waals surface area contributed by atoms with Crippen molar-refractivity contribution in [3.05, 3.63) is 0 Å². The minimum atomic E-state index is 0.463. The Labute approximate surface area is 132 Å². The van der Waals surface area contributed by atoms with E-state index in [4.69, 9.17) is 4.74 Å². The molecule has 1 fully saturated rings. The summed E-state index contributed by atoms with van der Waals surface area (Å²) in [6.07, 6.45) is 6.78. The van der Waals surface area contributed by atoms with E-state index in [1.54, 1.807) is 0 Å². The summed E-state index contributed by atoms with van der Waals surface area (Å²) in [5, 5.41) is 3.64. The molecule has 1 aliphatic rings. The predicted octanol–water partition coefficient (Wildman–Crippen LogP) is 3.54. The molecule has 1 rings (SSSR count). The summed E-state index contributed by atoms with van der Waals surface area (Å²) >= 11 is 0. The Hall–Kier alpha value is -0.120. The van der Waals surface area contributed by atoms with E-state index in [-0.39, 0.29) is 0 Å². The van der Waals surface area contributed by atoms with Gasteiger partial charge in [0.2, 0.25) is 0 Å². The zero-order valence-electron chi connectivity index (χ0n) is 15.1. The van der Waals surface area contributed by atoms with Crippen LogP contribution in [0.1, 0.15) is 59.8 Å². The molecule has 3 nitrogen and oxygen atoms in total. The highest BCUT2D eigenvalue weighted by molar-refractivity contribution is 4.90. The van der Waals surface area contributed by atoms with Crippen LogP contribution >= 0.6 is 0 Å². The molecule has 0 aromatic carbocycles. The SMILES string of the molecule is CCNCC1(CN(CCOC)C(C)CC)CCCC(C)C1. The summed E-state index contributed by atoms with van der Waals surface area (Å²) in [6, 6.07) is 0.649. The summed E-state index contributed by atoms with van der Waals surface area (Å²) in [6.45, 7) is 14.7. The molecule has 1 saturated carbocycles. The Kier molecular flexibility index (Phi) is 8.84. The molecule has 0 heterocycles. The second-order valence-corrected chi connectivity index (χ2v) is 7.20. The second kappa shape index (κ2) is 9.81. The number of methoxy groups -OCH3 is 1. The van der Waals surface area contributed by atoms with Gasteiger partial charge in [-0.15, -0.1) is 0 Å². The third kappa shape index (κ3) is 6.25. The van der Waals surface area contributed by atoms with Gasteiger partial charge in [0.25, 0.3) is 0 Å². The fraction of sp³-hybridized carbons (Fsp3) is 1.00. The molecule has 0 aliphatic heterocycles. The molecule has 3 atom stereocenters. The molecule has 21 heavy (non-hydrogen) atoms. The molecule has 1 aliphatic carbocycles. The lowest BCUT2D eigenvalue weighted by Crippen LogP contribution is -2.49. The van der Waals surface area contributed by atoms with E-state index in [9.17, 15) is 0 Å². The van der Waals surface area contributed by atoms with Gasteiger partial charge in [-0.3, -0.25) is 4.90 Å². The molecule has 0 radical (unpaired) electrons. The van der Waals surface area contributed by atoms with Gasteiger partial charge in [0.05, 0.1) is 6.61 Å². The van der Waals surface area contributed by atoms with Crippen molar-refractivity contribution in [3.63, 3.8) is 0 Å². The Bertz CT molecular complexity index is 272. The average molecular weight is 299 g/mol. The van der Waals surface area contributed by atoms with Crippen LogP contribution in [0.2, 0.25) is 0 Å². The van der Waals surface area contributed by atoms with Crippen molar-refractivity contribution < 1.29 is 4.74 Å². The molecule has 0 aromatic heterocycles. The van der Waals surface area contributed by atoms with E-state index < -0.39 is 0 Å². The van der Waals surface area contributed by atoms with Crippen molar-refractivity contribution in [3.8, 4) is 0 Å². The summed E-state index contributed by atoms with van der Waals surface area (Å²) in [7, 11) is 1.81. The highest BCUT2D eigenvalue weighted by Crippen LogP contribution is 2.40. The van der Waals surface area contributed by atoms with E-state index in [2.05, 4.69) is 37.9 Å². The number of nitrogens with zero attached hydrogens (tertiary/aromatic N) is 1. The fourth-order valence-corrected chi connectivity index (χ4v) is 3.87. The molecular weight excluding hydrogens is 260 g/mol. The van der Waals surface area contributed by atoms with E-state index >= 15 is 0 Å². The first kappa shape index (κ1) is 18.9. The van der Waals surface area contributed by atoms with Gasteiger partial charge in [0.1, 0.15) is 0 Å². The van der Waals surface area contributed by atoms with Crippen LogP contribution in [0.4, 0.5) is 0 Å². The Morgan fingerprint density at radius 2 is 2.14 bits per heavy atom. The van der Waals surface area contributed by atoms with Crippen molar-refractivity contribution in [2.75, 3.05) is 39.9 Å². The first-order valence-electron chi connectivity index (χ1n) is 9.00. The lowest BCUT2D eigenvalue weighted by Gasteiger charge is -2.45. The normalized spacial score (nSPS) is 28.0. The maximum Gasteiger partial charge on any atom is 0.0589 e. The average Bonchev–Trinajstić information content (AvgIpc) is 2.48. The third-order valence-corrected chi connectivity index (χ3v) is 5.27. The molecular formula is C18H38N2O. The van der Waals surface area contributed by atoms with Crippen LogP contribution in [-0.2, 0) is 4.74 Å². The van der Waals surface area contributed by atoms with Gasteiger partial charge >= 0.3 is 0 Å². The number of ether oxygens (including phenoxy) is 1. The predicted molar refractivity (Wildman–Crippen MR) is 91.8 cm³/mol. The van der Waals surface area contributed by atoms with Crippen LogP contribution < -0.4 is 5.32 Å².